The first-order chi connectivity index (χ1) is 9.27. The molecule has 2 nitrogen and oxygen atoms in total. The number of alkyl halides is 1. The van der Waals surface area contributed by atoms with Gasteiger partial charge >= 0.3 is 0 Å². The van der Waals surface area contributed by atoms with E-state index in [9.17, 15) is 0 Å². The number of hydrogen-bond acceptors (Lipinski definition) is 2. The van der Waals surface area contributed by atoms with E-state index in [2.05, 4.69) is 34.7 Å². The molecule has 0 radical (unpaired) electrons. The van der Waals surface area contributed by atoms with Gasteiger partial charge in [0.2, 0.25) is 0 Å². The molecule has 2 atom stereocenters. The minimum absolute atomic E-state index is 0.394. The Morgan fingerprint density at radius 3 is 2.32 bits per heavy atom. The molecule has 1 fully saturated rings. The van der Waals surface area contributed by atoms with E-state index in [1.165, 1.54) is 57.9 Å². The zero-order valence-electron chi connectivity index (χ0n) is 12.9. The summed E-state index contributed by atoms with van der Waals surface area (Å²) in [7, 11) is 0. The zero-order chi connectivity index (χ0) is 13.9. The fourth-order valence-corrected chi connectivity index (χ4v) is 3.12. The minimum atomic E-state index is 0.394. The van der Waals surface area contributed by atoms with Crippen molar-refractivity contribution in [1.29, 1.82) is 0 Å². The van der Waals surface area contributed by atoms with Crippen molar-refractivity contribution in [2.45, 2.75) is 77.4 Å². The molecule has 0 bridgehead atoms. The van der Waals surface area contributed by atoms with Crippen LogP contribution in [0.5, 0.6) is 0 Å². The fourth-order valence-electron chi connectivity index (χ4n) is 2.73. The van der Waals surface area contributed by atoms with Crippen LogP contribution in [0.2, 0.25) is 0 Å². The van der Waals surface area contributed by atoms with Crippen LogP contribution in [0.4, 0.5) is 0 Å². The lowest BCUT2D eigenvalue weighted by atomic mass is 10.1. The predicted molar refractivity (Wildman–Crippen MR) is 87.2 cm³/mol. The normalized spacial score (nSPS) is 24.8. The standard InChI is InChI=1S/C16H32BrNO/c1-3-4-5-6-7-8-9-10-11-18-13-16(12-17)19-14-15(18)2/h15-16H,3-14H2,1-2H3. The summed E-state index contributed by atoms with van der Waals surface area (Å²) in [6.45, 7) is 7.82. The van der Waals surface area contributed by atoms with Gasteiger partial charge in [-0.05, 0) is 19.9 Å². The highest BCUT2D eigenvalue weighted by molar-refractivity contribution is 9.09. The molecule has 0 spiro atoms. The summed E-state index contributed by atoms with van der Waals surface area (Å²) in [6.07, 6.45) is 11.6. The maximum absolute atomic E-state index is 5.76. The van der Waals surface area contributed by atoms with Crippen LogP contribution in [0.1, 0.15) is 65.2 Å². The summed E-state index contributed by atoms with van der Waals surface area (Å²) in [5.41, 5.74) is 0. The van der Waals surface area contributed by atoms with Crippen LogP contribution in [0, 0.1) is 0 Å². The third-order valence-electron chi connectivity index (χ3n) is 4.11. The molecule has 0 aliphatic carbocycles. The van der Waals surface area contributed by atoms with E-state index in [0.717, 1.165) is 18.5 Å². The van der Waals surface area contributed by atoms with Crippen LogP contribution in [0.25, 0.3) is 0 Å². The number of unbranched alkanes of at least 4 members (excludes halogenated alkanes) is 7. The van der Waals surface area contributed by atoms with Crippen molar-refractivity contribution in [3.63, 3.8) is 0 Å². The lowest BCUT2D eigenvalue weighted by Gasteiger charge is -2.37. The van der Waals surface area contributed by atoms with Gasteiger partial charge in [-0.1, -0.05) is 67.8 Å². The summed E-state index contributed by atoms with van der Waals surface area (Å²) in [4.78, 5) is 2.60. The number of halogens is 1. The van der Waals surface area contributed by atoms with Crippen molar-refractivity contribution in [1.82, 2.24) is 4.90 Å². The quantitative estimate of drug-likeness (QED) is 0.427. The molecule has 0 amide bonds. The fraction of sp³-hybridized carbons (Fsp3) is 1.00. The number of rotatable bonds is 10. The molecule has 3 heteroatoms. The van der Waals surface area contributed by atoms with Gasteiger partial charge in [0.15, 0.2) is 0 Å². The first-order valence-electron chi connectivity index (χ1n) is 8.19. The molecule has 1 saturated heterocycles. The lowest BCUT2D eigenvalue weighted by molar-refractivity contribution is -0.0469. The second-order valence-electron chi connectivity index (χ2n) is 5.93. The SMILES string of the molecule is CCCCCCCCCCN1CC(CBr)OCC1C. The van der Waals surface area contributed by atoms with Gasteiger partial charge in [0.25, 0.3) is 0 Å². The van der Waals surface area contributed by atoms with E-state index in [4.69, 9.17) is 4.74 Å². The Balaban J connectivity index is 1.98. The molecule has 1 aliphatic heterocycles. The molecule has 1 heterocycles. The van der Waals surface area contributed by atoms with Crippen molar-refractivity contribution >= 4 is 15.9 Å². The van der Waals surface area contributed by atoms with Crippen LogP contribution in [-0.4, -0.2) is 42.1 Å². The third kappa shape index (κ3) is 7.67. The average Bonchev–Trinajstić information content (AvgIpc) is 2.43. The van der Waals surface area contributed by atoms with Gasteiger partial charge in [0.05, 0.1) is 12.7 Å². The molecule has 0 aromatic rings. The van der Waals surface area contributed by atoms with Crippen molar-refractivity contribution in [3.05, 3.63) is 0 Å². The number of nitrogens with zero attached hydrogens (tertiary/aromatic N) is 1. The van der Waals surface area contributed by atoms with E-state index in [0.29, 0.717) is 12.1 Å². The Morgan fingerprint density at radius 1 is 1.05 bits per heavy atom. The number of morpholine rings is 1. The van der Waals surface area contributed by atoms with E-state index in [1.54, 1.807) is 0 Å². The molecular weight excluding hydrogens is 302 g/mol. The van der Waals surface area contributed by atoms with Crippen molar-refractivity contribution in [3.8, 4) is 0 Å². The number of hydrogen-bond donors (Lipinski definition) is 0. The third-order valence-corrected chi connectivity index (χ3v) is 4.83. The van der Waals surface area contributed by atoms with Crippen molar-refractivity contribution in [2.24, 2.45) is 0 Å². The van der Waals surface area contributed by atoms with Gasteiger partial charge in [-0.15, -0.1) is 0 Å². The zero-order valence-corrected chi connectivity index (χ0v) is 14.5. The van der Waals surface area contributed by atoms with Gasteiger partial charge in [-0.25, -0.2) is 0 Å². The van der Waals surface area contributed by atoms with Gasteiger partial charge in [-0.3, -0.25) is 4.90 Å². The Bertz CT molecular complexity index is 213. The highest BCUT2D eigenvalue weighted by Gasteiger charge is 2.24. The molecule has 0 N–H and O–H groups in total. The molecular formula is C16H32BrNO. The smallest absolute Gasteiger partial charge is 0.0799 e. The van der Waals surface area contributed by atoms with Crippen LogP contribution >= 0.6 is 15.9 Å². The van der Waals surface area contributed by atoms with Crippen molar-refractivity contribution < 1.29 is 4.74 Å². The van der Waals surface area contributed by atoms with E-state index < -0.39 is 0 Å². The van der Waals surface area contributed by atoms with Crippen LogP contribution in [0.15, 0.2) is 0 Å². The first kappa shape index (κ1) is 17.5. The van der Waals surface area contributed by atoms with Crippen molar-refractivity contribution in [2.75, 3.05) is 25.0 Å². The highest BCUT2D eigenvalue weighted by Crippen LogP contribution is 2.15. The summed E-state index contributed by atoms with van der Waals surface area (Å²) in [5.74, 6) is 0. The predicted octanol–water partition coefficient (Wildman–Crippen LogP) is 4.61. The Morgan fingerprint density at radius 2 is 1.68 bits per heavy atom. The lowest BCUT2D eigenvalue weighted by Crippen LogP contribution is -2.49. The Labute approximate surface area is 128 Å². The molecule has 1 rings (SSSR count). The van der Waals surface area contributed by atoms with Crippen LogP contribution in [-0.2, 0) is 4.74 Å². The molecule has 0 saturated carbocycles. The van der Waals surface area contributed by atoms with Gasteiger partial charge in [0.1, 0.15) is 0 Å². The molecule has 0 aromatic heterocycles. The van der Waals surface area contributed by atoms with Crippen LogP contribution < -0.4 is 0 Å². The second kappa shape index (κ2) is 11.1. The van der Waals surface area contributed by atoms with Gasteiger partial charge in [0, 0.05) is 17.9 Å². The van der Waals surface area contributed by atoms with E-state index in [-0.39, 0.29) is 0 Å². The maximum Gasteiger partial charge on any atom is 0.0799 e. The maximum atomic E-state index is 5.76. The summed E-state index contributed by atoms with van der Waals surface area (Å²) in [5, 5.41) is 0.966. The molecule has 1 aliphatic rings. The largest absolute Gasteiger partial charge is 0.374 e. The van der Waals surface area contributed by atoms with Gasteiger partial charge < -0.3 is 4.74 Å². The average molecular weight is 334 g/mol. The van der Waals surface area contributed by atoms with Crippen LogP contribution in [0.3, 0.4) is 0 Å². The monoisotopic (exact) mass is 333 g/mol. The van der Waals surface area contributed by atoms with E-state index in [1.807, 2.05) is 0 Å². The second-order valence-corrected chi connectivity index (χ2v) is 6.58. The molecule has 2 unspecified atom stereocenters. The topological polar surface area (TPSA) is 12.5 Å². The summed E-state index contributed by atoms with van der Waals surface area (Å²) in [6, 6.07) is 0.597. The Hall–Kier alpha value is 0.400. The minimum Gasteiger partial charge on any atom is -0.374 e. The molecule has 0 aromatic carbocycles. The summed E-state index contributed by atoms with van der Waals surface area (Å²) >= 11 is 3.53. The van der Waals surface area contributed by atoms with E-state index >= 15 is 0 Å². The summed E-state index contributed by atoms with van der Waals surface area (Å²) < 4.78 is 5.76. The first-order valence-corrected chi connectivity index (χ1v) is 9.31. The highest BCUT2D eigenvalue weighted by atomic mass is 79.9. The molecule has 114 valence electrons. The Kier molecular flexibility index (Phi) is 10.2. The molecule has 19 heavy (non-hydrogen) atoms. The van der Waals surface area contributed by atoms with Gasteiger partial charge in [-0.2, -0.15) is 0 Å². The number of ether oxygens (including phenoxy) is 1.